The third kappa shape index (κ3) is 5.96. The second-order valence-electron chi connectivity index (χ2n) is 7.02. The van der Waals surface area contributed by atoms with Crippen LogP contribution in [-0.4, -0.2) is 15.5 Å². The lowest BCUT2D eigenvalue weighted by Gasteiger charge is -2.21. The molecule has 1 rings (SSSR count). The quantitative estimate of drug-likeness (QED) is 0.866. The fraction of sp³-hybridized carbons (Fsp3) is 0.714. The van der Waals surface area contributed by atoms with Crippen LogP contribution in [0.1, 0.15) is 53.1 Å². The zero-order chi connectivity index (χ0) is 14.0. The Labute approximate surface area is 109 Å². The molecule has 1 aromatic heterocycles. The molecular weight excluding hydrogens is 226 g/mol. The molecule has 1 aromatic rings. The number of aromatic amines is 1. The molecule has 0 saturated carbocycles. The van der Waals surface area contributed by atoms with Crippen molar-refractivity contribution >= 4 is 0 Å². The smallest absolute Gasteiger partial charge is 0.251 e. The first-order valence-corrected chi connectivity index (χ1v) is 6.39. The second-order valence-corrected chi connectivity index (χ2v) is 7.02. The van der Waals surface area contributed by atoms with E-state index in [0.717, 1.165) is 17.9 Å². The van der Waals surface area contributed by atoms with Gasteiger partial charge in [-0.05, 0) is 26.2 Å². The maximum atomic E-state index is 11.6. The third-order valence-corrected chi connectivity index (χ3v) is 2.34. The fourth-order valence-electron chi connectivity index (χ4n) is 1.60. The molecule has 0 bridgehead atoms. The van der Waals surface area contributed by atoms with Crippen LogP contribution >= 0.6 is 0 Å². The first-order valence-electron chi connectivity index (χ1n) is 6.39. The summed E-state index contributed by atoms with van der Waals surface area (Å²) in [6.07, 6.45) is 0.769. The van der Waals surface area contributed by atoms with Crippen molar-refractivity contribution in [2.45, 2.75) is 60.0 Å². The minimum atomic E-state index is -0.0741. The SMILES string of the molecule is CC(C)(C)Cc1nc(CNC(C)(C)C)cc(=O)[nH]1. The number of rotatable bonds is 3. The van der Waals surface area contributed by atoms with Crippen LogP contribution in [0.4, 0.5) is 0 Å². The van der Waals surface area contributed by atoms with Crippen LogP contribution in [-0.2, 0) is 13.0 Å². The number of hydrogen-bond acceptors (Lipinski definition) is 3. The van der Waals surface area contributed by atoms with Crippen molar-refractivity contribution in [3.8, 4) is 0 Å². The van der Waals surface area contributed by atoms with E-state index in [0.29, 0.717) is 6.54 Å². The Balaban J connectivity index is 2.85. The Hall–Kier alpha value is -1.16. The van der Waals surface area contributed by atoms with Gasteiger partial charge in [-0.15, -0.1) is 0 Å². The van der Waals surface area contributed by atoms with E-state index < -0.39 is 0 Å². The van der Waals surface area contributed by atoms with E-state index in [1.54, 1.807) is 6.07 Å². The Morgan fingerprint density at radius 2 is 1.83 bits per heavy atom. The molecule has 0 aliphatic heterocycles. The topological polar surface area (TPSA) is 57.8 Å². The normalized spacial score (nSPS) is 12.8. The molecule has 4 heteroatoms. The predicted molar refractivity (Wildman–Crippen MR) is 74.6 cm³/mol. The largest absolute Gasteiger partial charge is 0.311 e. The average Bonchev–Trinajstić information content (AvgIpc) is 2.09. The third-order valence-electron chi connectivity index (χ3n) is 2.34. The first-order chi connectivity index (χ1) is 8.05. The van der Waals surface area contributed by atoms with Gasteiger partial charge in [-0.3, -0.25) is 4.79 Å². The van der Waals surface area contributed by atoms with Crippen molar-refractivity contribution in [3.05, 3.63) is 27.9 Å². The molecule has 0 aromatic carbocycles. The van der Waals surface area contributed by atoms with Gasteiger partial charge >= 0.3 is 0 Å². The van der Waals surface area contributed by atoms with E-state index in [-0.39, 0.29) is 16.5 Å². The van der Waals surface area contributed by atoms with Gasteiger partial charge in [-0.2, -0.15) is 0 Å². The molecule has 2 N–H and O–H groups in total. The summed E-state index contributed by atoms with van der Waals surface area (Å²) in [5.74, 6) is 0.765. The molecule has 0 fully saturated rings. The van der Waals surface area contributed by atoms with Crippen LogP contribution in [0, 0.1) is 5.41 Å². The first kappa shape index (κ1) is 14.9. The van der Waals surface area contributed by atoms with Crippen molar-refractivity contribution in [1.82, 2.24) is 15.3 Å². The summed E-state index contributed by atoms with van der Waals surface area (Å²) in [6.45, 7) is 13.3. The lowest BCUT2D eigenvalue weighted by atomic mass is 9.92. The highest BCUT2D eigenvalue weighted by molar-refractivity contribution is 5.04. The van der Waals surface area contributed by atoms with Gasteiger partial charge in [-0.25, -0.2) is 4.98 Å². The summed E-state index contributed by atoms with van der Waals surface area (Å²) in [4.78, 5) is 18.9. The lowest BCUT2D eigenvalue weighted by molar-refractivity contribution is 0.396. The van der Waals surface area contributed by atoms with Crippen molar-refractivity contribution < 1.29 is 0 Å². The van der Waals surface area contributed by atoms with E-state index in [9.17, 15) is 4.79 Å². The molecule has 4 nitrogen and oxygen atoms in total. The summed E-state index contributed by atoms with van der Waals surface area (Å²) >= 11 is 0. The minimum Gasteiger partial charge on any atom is -0.311 e. The van der Waals surface area contributed by atoms with E-state index in [2.05, 4.69) is 56.8 Å². The molecule has 1 heterocycles. The predicted octanol–water partition coefficient (Wildman–Crippen LogP) is 2.25. The molecule has 0 amide bonds. The zero-order valence-corrected chi connectivity index (χ0v) is 12.3. The monoisotopic (exact) mass is 251 g/mol. The van der Waals surface area contributed by atoms with Gasteiger partial charge in [0.05, 0.1) is 5.69 Å². The molecule has 102 valence electrons. The highest BCUT2D eigenvalue weighted by Crippen LogP contribution is 2.17. The molecule has 0 aliphatic rings. The number of H-pyrrole nitrogens is 1. The van der Waals surface area contributed by atoms with Gasteiger partial charge in [0.2, 0.25) is 0 Å². The second kappa shape index (κ2) is 5.22. The van der Waals surface area contributed by atoms with Crippen molar-refractivity contribution in [2.24, 2.45) is 5.41 Å². The van der Waals surface area contributed by atoms with Gasteiger partial charge < -0.3 is 10.3 Å². The molecule has 0 aliphatic carbocycles. The Morgan fingerprint density at radius 3 is 2.33 bits per heavy atom. The summed E-state index contributed by atoms with van der Waals surface area (Å²) in [5, 5.41) is 3.34. The summed E-state index contributed by atoms with van der Waals surface area (Å²) in [5.41, 5.74) is 0.864. The van der Waals surface area contributed by atoms with Gasteiger partial charge in [0.1, 0.15) is 5.82 Å². The fourth-order valence-corrected chi connectivity index (χ4v) is 1.60. The van der Waals surface area contributed by atoms with Gasteiger partial charge in [0.15, 0.2) is 0 Å². The van der Waals surface area contributed by atoms with Crippen molar-refractivity contribution in [3.63, 3.8) is 0 Å². The maximum absolute atomic E-state index is 11.6. The number of nitrogens with zero attached hydrogens (tertiary/aromatic N) is 1. The van der Waals surface area contributed by atoms with Gasteiger partial charge in [0.25, 0.3) is 5.56 Å². The van der Waals surface area contributed by atoms with Gasteiger partial charge in [0, 0.05) is 24.6 Å². The van der Waals surface area contributed by atoms with E-state index >= 15 is 0 Å². The molecule has 0 spiro atoms. The highest BCUT2D eigenvalue weighted by Gasteiger charge is 2.14. The molecular formula is C14H25N3O. The molecule has 18 heavy (non-hydrogen) atoms. The Bertz CT molecular complexity index is 449. The van der Waals surface area contributed by atoms with E-state index in [4.69, 9.17) is 0 Å². The Kier molecular flexibility index (Phi) is 4.32. The summed E-state index contributed by atoms with van der Waals surface area (Å²) in [6, 6.07) is 1.56. The van der Waals surface area contributed by atoms with Crippen molar-refractivity contribution in [1.29, 1.82) is 0 Å². The van der Waals surface area contributed by atoms with Crippen LogP contribution in [0.3, 0.4) is 0 Å². The Morgan fingerprint density at radius 1 is 1.22 bits per heavy atom. The maximum Gasteiger partial charge on any atom is 0.251 e. The number of hydrogen-bond donors (Lipinski definition) is 2. The summed E-state index contributed by atoms with van der Waals surface area (Å²) in [7, 11) is 0. The minimum absolute atomic E-state index is 0.0223. The average molecular weight is 251 g/mol. The number of aromatic nitrogens is 2. The number of nitrogens with one attached hydrogen (secondary N) is 2. The van der Waals surface area contributed by atoms with Crippen LogP contribution < -0.4 is 10.9 Å². The van der Waals surface area contributed by atoms with Crippen LogP contribution in [0.2, 0.25) is 0 Å². The summed E-state index contributed by atoms with van der Waals surface area (Å²) < 4.78 is 0. The molecule has 0 radical (unpaired) electrons. The van der Waals surface area contributed by atoms with Gasteiger partial charge in [-0.1, -0.05) is 20.8 Å². The lowest BCUT2D eigenvalue weighted by Crippen LogP contribution is -2.35. The van der Waals surface area contributed by atoms with Crippen molar-refractivity contribution in [2.75, 3.05) is 0 Å². The van der Waals surface area contributed by atoms with Crippen LogP contribution in [0.25, 0.3) is 0 Å². The molecule has 0 saturated heterocycles. The van der Waals surface area contributed by atoms with Crippen LogP contribution in [0.5, 0.6) is 0 Å². The standard InChI is InChI=1S/C14H25N3O/c1-13(2,3)8-11-16-10(7-12(18)17-11)9-15-14(4,5)6/h7,15H,8-9H2,1-6H3,(H,16,17,18). The molecule has 0 unspecified atom stereocenters. The molecule has 0 atom stereocenters. The zero-order valence-electron chi connectivity index (χ0n) is 12.3. The highest BCUT2D eigenvalue weighted by atomic mass is 16.1. The van der Waals surface area contributed by atoms with Crippen LogP contribution in [0.15, 0.2) is 10.9 Å². The van der Waals surface area contributed by atoms with E-state index in [1.165, 1.54) is 0 Å². The van der Waals surface area contributed by atoms with E-state index in [1.807, 2.05) is 0 Å².